The topological polar surface area (TPSA) is 56.7 Å². The first-order valence-corrected chi connectivity index (χ1v) is 7.23. The van der Waals surface area contributed by atoms with E-state index in [2.05, 4.69) is 44.2 Å². The lowest BCUT2D eigenvalue weighted by Crippen LogP contribution is -2.17. The van der Waals surface area contributed by atoms with Gasteiger partial charge in [-0.05, 0) is 58.7 Å². The molecule has 0 saturated carbocycles. The van der Waals surface area contributed by atoms with Gasteiger partial charge in [-0.25, -0.2) is 9.67 Å². The molecule has 0 aliphatic carbocycles. The maximum absolute atomic E-state index is 5.80. The van der Waals surface area contributed by atoms with Crippen LogP contribution >= 0.6 is 27.7 Å². The number of aryl methyl sites for hydroxylation is 1. The number of rotatable bonds is 4. The second-order valence-corrected chi connectivity index (χ2v) is 6.08. The normalized spacial score (nSPS) is 12.7. The Bertz CT molecular complexity index is 539. The number of halogens is 1. The van der Waals surface area contributed by atoms with E-state index in [0.29, 0.717) is 0 Å². The van der Waals surface area contributed by atoms with E-state index in [-0.39, 0.29) is 6.04 Å². The summed E-state index contributed by atoms with van der Waals surface area (Å²) in [7, 11) is 1.88. The average Bonchev–Trinajstić information content (AvgIpc) is 2.67. The molecule has 1 heterocycles. The smallest absolute Gasteiger partial charge is 0.190 e. The van der Waals surface area contributed by atoms with Crippen molar-refractivity contribution in [2.75, 3.05) is 0 Å². The molecule has 2 N–H and O–H groups in total. The van der Waals surface area contributed by atoms with Crippen molar-refractivity contribution in [1.29, 1.82) is 0 Å². The minimum atomic E-state index is 0.175. The van der Waals surface area contributed by atoms with Gasteiger partial charge >= 0.3 is 0 Å². The zero-order valence-corrected chi connectivity index (χ0v) is 12.7. The lowest BCUT2D eigenvalue weighted by atomic mass is 10.1. The molecular formula is C12H15BrN4S. The predicted octanol–water partition coefficient (Wildman–Crippen LogP) is 2.62. The molecule has 0 radical (unpaired) electrons. The Labute approximate surface area is 119 Å². The van der Waals surface area contributed by atoms with E-state index in [9.17, 15) is 0 Å². The summed E-state index contributed by atoms with van der Waals surface area (Å²) in [5.74, 6) is 0. The fourth-order valence-electron chi connectivity index (χ4n) is 1.60. The van der Waals surface area contributed by atoms with Gasteiger partial charge in [0.15, 0.2) is 5.16 Å². The van der Waals surface area contributed by atoms with Crippen LogP contribution in [0.5, 0.6) is 0 Å². The van der Waals surface area contributed by atoms with Gasteiger partial charge in [0, 0.05) is 22.5 Å². The van der Waals surface area contributed by atoms with Gasteiger partial charge in [0.05, 0.1) is 0 Å². The molecule has 0 aliphatic rings. The molecule has 18 heavy (non-hydrogen) atoms. The second kappa shape index (κ2) is 5.86. The van der Waals surface area contributed by atoms with Gasteiger partial charge in [0.25, 0.3) is 0 Å². The summed E-state index contributed by atoms with van der Waals surface area (Å²) in [5, 5.41) is 4.92. The summed E-state index contributed by atoms with van der Waals surface area (Å²) in [4.78, 5) is 5.32. The highest BCUT2D eigenvalue weighted by molar-refractivity contribution is 9.10. The summed E-state index contributed by atoms with van der Waals surface area (Å²) in [6.07, 6.45) is 2.44. The summed E-state index contributed by atoms with van der Waals surface area (Å²) >= 11 is 5.17. The lowest BCUT2D eigenvalue weighted by Gasteiger charge is -2.08. The third-order valence-electron chi connectivity index (χ3n) is 2.43. The minimum Gasteiger partial charge on any atom is -0.328 e. The van der Waals surface area contributed by atoms with Crippen LogP contribution in [-0.2, 0) is 13.5 Å². The van der Waals surface area contributed by atoms with E-state index in [1.165, 1.54) is 5.56 Å². The molecule has 0 bridgehead atoms. The summed E-state index contributed by atoms with van der Waals surface area (Å²) in [6, 6.07) is 6.48. The van der Waals surface area contributed by atoms with Crippen LogP contribution in [0, 0.1) is 0 Å². The van der Waals surface area contributed by atoms with Crippen molar-refractivity contribution >= 4 is 27.7 Å². The Balaban J connectivity index is 2.17. The number of benzene rings is 1. The van der Waals surface area contributed by atoms with Gasteiger partial charge in [0.1, 0.15) is 6.33 Å². The van der Waals surface area contributed by atoms with E-state index < -0.39 is 0 Å². The van der Waals surface area contributed by atoms with Gasteiger partial charge in [-0.15, -0.1) is 0 Å². The monoisotopic (exact) mass is 326 g/mol. The maximum atomic E-state index is 5.80. The van der Waals surface area contributed by atoms with Crippen LogP contribution in [0.3, 0.4) is 0 Å². The molecule has 4 nitrogen and oxygen atoms in total. The van der Waals surface area contributed by atoms with Crippen molar-refractivity contribution in [3.8, 4) is 0 Å². The summed E-state index contributed by atoms with van der Waals surface area (Å²) in [5.41, 5.74) is 7.04. The first-order valence-electron chi connectivity index (χ1n) is 5.62. The van der Waals surface area contributed by atoms with E-state index in [4.69, 9.17) is 5.73 Å². The minimum absolute atomic E-state index is 0.175. The van der Waals surface area contributed by atoms with Gasteiger partial charge in [-0.3, -0.25) is 0 Å². The molecule has 2 rings (SSSR count). The number of nitrogens with two attached hydrogens (primary N) is 1. The molecule has 1 unspecified atom stereocenters. The van der Waals surface area contributed by atoms with Crippen molar-refractivity contribution in [3.05, 3.63) is 34.6 Å². The Morgan fingerprint density at radius 1 is 1.50 bits per heavy atom. The molecule has 0 amide bonds. The Kier molecular flexibility index (Phi) is 4.42. The average molecular weight is 327 g/mol. The molecule has 1 aromatic carbocycles. The van der Waals surface area contributed by atoms with E-state index in [1.54, 1.807) is 22.8 Å². The molecule has 1 aromatic heterocycles. The number of hydrogen-bond donors (Lipinski definition) is 1. The molecule has 0 fully saturated rings. The highest BCUT2D eigenvalue weighted by Gasteiger charge is 2.08. The zero-order chi connectivity index (χ0) is 13.1. The largest absolute Gasteiger partial charge is 0.328 e. The van der Waals surface area contributed by atoms with Crippen LogP contribution in [0.4, 0.5) is 0 Å². The van der Waals surface area contributed by atoms with Crippen LogP contribution in [0.2, 0.25) is 0 Å². The number of hydrogen-bond acceptors (Lipinski definition) is 4. The van der Waals surface area contributed by atoms with Gasteiger partial charge < -0.3 is 5.73 Å². The lowest BCUT2D eigenvalue weighted by molar-refractivity contribution is 0.685. The first kappa shape index (κ1) is 13.6. The maximum Gasteiger partial charge on any atom is 0.190 e. The van der Waals surface area contributed by atoms with Gasteiger partial charge in [-0.2, -0.15) is 5.10 Å². The molecule has 6 heteroatoms. The molecule has 0 aliphatic heterocycles. The predicted molar refractivity (Wildman–Crippen MR) is 76.6 cm³/mol. The summed E-state index contributed by atoms with van der Waals surface area (Å²) < 4.78 is 2.82. The van der Waals surface area contributed by atoms with Crippen LogP contribution in [0.15, 0.2) is 39.1 Å². The second-order valence-electron chi connectivity index (χ2n) is 4.21. The fraction of sp³-hybridized carbons (Fsp3) is 0.333. The van der Waals surface area contributed by atoms with Gasteiger partial charge in [-0.1, -0.05) is 6.07 Å². The number of nitrogens with zero attached hydrogens (tertiary/aromatic N) is 3. The van der Waals surface area contributed by atoms with E-state index >= 15 is 0 Å². The highest BCUT2D eigenvalue weighted by Crippen LogP contribution is 2.32. The van der Waals surface area contributed by atoms with Crippen LogP contribution in [-0.4, -0.2) is 20.8 Å². The Morgan fingerprint density at radius 2 is 2.28 bits per heavy atom. The molecule has 2 aromatic rings. The van der Waals surface area contributed by atoms with Crippen molar-refractivity contribution in [3.63, 3.8) is 0 Å². The molecule has 1 atom stereocenters. The van der Waals surface area contributed by atoms with E-state index in [0.717, 1.165) is 20.9 Å². The summed E-state index contributed by atoms with van der Waals surface area (Å²) in [6.45, 7) is 2.01. The van der Waals surface area contributed by atoms with Crippen molar-refractivity contribution in [1.82, 2.24) is 14.8 Å². The van der Waals surface area contributed by atoms with Crippen LogP contribution in [0.1, 0.15) is 12.5 Å². The van der Waals surface area contributed by atoms with Crippen molar-refractivity contribution in [2.45, 2.75) is 29.4 Å². The van der Waals surface area contributed by atoms with Crippen molar-refractivity contribution < 1.29 is 0 Å². The standard InChI is InChI=1S/C12H15BrN4S/c1-8(14)5-9-3-4-11(10(13)6-9)18-12-15-7-16-17(12)2/h3-4,6-8H,5,14H2,1-2H3. The highest BCUT2D eigenvalue weighted by atomic mass is 79.9. The Morgan fingerprint density at radius 3 is 2.83 bits per heavy atom. The SMILES string of the molecule is CC(N)Cc1ccc(Sc2ncnn2C)c(Br)c1. The molecule has 0 spiro atoms. The molecule has 0 saturated heterocycles. The first-order chi connectivity index (χ1) is 8.56. The van der Waals surface area contributed by atoms with Crippen LogP contribution in [0.25, 0.3) is 0 Å². The fourth-order valence-corrected chi connectivity index (χ4v) is 3.04. The Hall–Kier alpha value is -0.850. The van der Waals surface area contributed by atoms with Gasteiger partial charge in [0.2, 0.25) is 0 Å². The third kappa shape index (κ3) is 3.34. The molecule has 96 valence electrons. The number of aromatic nitrogens is 3. The quantitative estimate of drug-likeness (QED) is 0.938. The zero-order valence-electron chi connectivity index (χ0n) is 10.3. The van der Waals surface area contributed by atoms with Crippen molar-refractivity contribution in [2.24, 2.45) is 12.8 Å². The molecular weight excluding hydrogens is 312 g/mol. The van der Waals surface area contributed by atoms with E-state index in [1.807, 2.05) is 14.0 Å². The third-order valence-corrected chi connectivity index (χ3v) is 4.47. The van der Waals surface area contributed by atoms with Crippen LogP contribution < -0.4 is 5.73 Å².